The van der Waals surface area contributed by atoms with E-state index in [0.29, 0.717) is 23.2 Å². The molecule has 2 aromatic rings. The highest BCUT2D eigenvalue weighted by Gasteiger charge is 2.23. The van der Waals surface area contributed by atoms with Crippen LogP contribution < -0.4 is 10.6 Å². The van der Waals surface area contributed by atoms with Crippen LogP contribution in [0.4, 0.5) is 10.1 Å². The van der Waals surface area contributed by atoms with Gasteiger partial charge < -0.3 is 15.7 Å². The molecule has 1 heterocycles. The molecule has 0 radical (unpaired) electrons. The summed E-state index contributed by atoms with van der Waals surface area (Å²) in [6.45, 7) is -0.452. The van der Waals surface area contributed by atoms with Gasteiger partial charge >= 0.3 is 0 Å². The zero-order valence-electron chi connectivity index (χ0n) is 15.0. The van der Waals surface area contributed by atoms with Crippen LogP contribution in [0.15, 0.2) is 41.3 Å². The lowest BCUT2D eigenvalue weighted by atomic mass is 9.99. The van der Waals surface area contributed by atoms with Crippen molar-refractivity contribution in [1.29, 1.82) is 0 Å². The lowest BCUT2D eigenvalue weighted by Gasteiger charge is -2.20. The van der Waals surface area contributed by atoms with Crippen molar-refractivity contribution in [2.24, 2.45) is 0 Å². The van der Waals surface area contributed by atoms with E-state index in [1.807, 2.05) is 0 Å². The van der Waals surface area contributed by atoms with Gasteiger partial charge in [-0.2, -0.15) is 0 Å². The molecule has 1 atom stereocenters. The maximum atomic E-state index is 14.4. The highest BCUT2D eigenvalue weighted by Crippen LogP contribution is 2.26. The van der Waals surface area contributed by atoms with Crippen LogP contribution in [-0.4, -0.2) is 38.2 Å². The summed E-state index contributed by atoms with van der Waals surface area (Å²) in [7, 11) is -3.37. The quantitative estimate of drug-likeness (QED) is 0.698. The minimum Gasteiger partial charge on any atom is -0.394 e. The summed E-state index contributed by atoms with van der Waals surface area (Å²) >= 11 is 0. The molecule has 1 aliphatic heterocycles. The van der Waals surface area contributed by atoms with Crippen molar-refractivity contribution >= 4 is 27.3 Å². The van der Waals surface area contributed by atoms with Crippen LogP contribution in [0.5, 0.6) is 0 Å². The fraction of sp³-hybridized carbons (Fsp3) is 0.263. The topological polar surface area (TPSA) is 113 Å². The number of benzene rings is 2. The predicted octanol–water partition coefficient (Wildman–Crippen LogP) is 1.58. The third-order valence-electron chi connectivity index (χ3n) is 4.53. The van der Waals surface area contributed by atoms with Gasteiger partial charge in [0.15, 0.2) is 9.84 Å². The summed E-state index contributed by atoms with van der Waals surface area (Å²) in [5.74, 6) is -1.71. The summed E-state index contributed by atoms with van der Waals surface area (Å²) in [5.41, 5.74) is 1.29. The van der Waals surface area contributed by atoms with Crippen molar-refractivity contribution in [2.45, 2.75) is 23.8 Å². The number of aryl methyl sites for hydroxylation is 1. The normalized spacial score (nSPS) is 14.8. The lowest BCUT2D eigenvalue weighted by Crippen LogP contribution is -2.32. The van der Waals surface area contributed by atoms with Gasteiger partial charge in [0, 0.05) is 18.4 Å². The Morgan fingerprint density at radius 2 is 1.93 bits per heavy atom. The van der Waals surface area contributed by atoms with Gasteiger partial charge in [-0.3, -0.25) is 9.59 Å². The second kappa shape index (κ2) is 7.69. The molecule has 1 aliphatic rings. The molecule has 0 aliphatic carbocycles. The Morgan fingerprint density at radius 1 is 1.25 bits per heavy atom. The van der Waals surface area contributed by atoms with Crippen LogP contribution in [-0.2, 0) is 21.1 Å². The molecule has 28 heavy (non-hydrogen) atoms. The largest absolute Gasteiger partial charge is 0.394 e. The number of amides is 2. The van der Waals surface area contributed by atoms with Crippen LogP contribution in [0.3, 0.4) is 0 Å². The van der Waals surface area contributed by atoms with Gasteiger partial charge in [-0.1, -0.05) is 12.1 Å². The Balaban J connectivity index is 1.82. The summed E-state index contributed by atoms with van der Waals surface area (Å²) < 4.78 is 37.4. The highest BCUT2D eigenvalue weighted by atomic mass is 32.2. The molecule has 3 N–H and O–H groups in total. The highest BCUT2D eigenvalue weighted by molar-refractivity contribution is 7.90. The number of anilines is 1. The number of aliphatic hydroxyl groups is 1. The number of hydrogen-bond acceptors (Lipinski definition) is 5. The fourth-order valence-electron chi connectivity index (χ4n) is 2.99. The minimum atomic E-state index is -3.37. The van der Waals surface area contributed by atoms with E-state index < -0.39 is 34.2 Å². The number of carbonyl (C=O) groups excluding carboxylic acids is 2. The molecule has 1 unspecified atom stereocenters. The van der Waals surface area contributed by atoms with E-state index in [0.717, 1.165) is 12.3 Å². The second-order valence-electron chi connectivity index (χ2n) is 6.59. The first-order valence-corrected chi connectivity index (χ1v) is 10.4. The number of hydrogen-bond donors (Lipinski definition) is 3. The fourth-order valence-corrected chi connectivity index (χ4v) is 3.62. The van der Waals surface area contributed by atoms with Gasteiger partial charge in [0.25, 0.3) is 5.91 Å². The molecule has 3 rings (SSSR count). The van der Waals surface area contributed by atoms with Crippen molar-refractivity contribution in [1.82, 2.24) is 5.32 Å². The zero-order valence-corrected chi connectivity index (χ0v) is 15.8. The molecule has 0 fully saturated rings. The van der Waals surface area contributed by atoms with Crippen molar-refractivity contribution in [3.05, 3.63) is 58.9 Å². The van der Waals surface area contributed by atoms with Gasteiger partial charge in [0.1, 0.15) is 5.82 Å². The molecule has 2 aromatic carbocycles. The van der Waals surface area contributed by atoms with Crippen LogP contribution in [0.25, 0.3) is 0 Å². The number of carbonyl (C=O) groups is 2. The molecule has 0 saturated heterocycles. The number of nitrogens with one attached hydrogen (secondary N) is 2. The van der Waals surface area contributed by atoms with E-state index >= 15 is 0 Å². The minimum absolute atomic E-state index is 0.113. The van der Waals surface area contributed by atoms with E-state index in [-0.39, 0.29) is 22.8 Å². The first-order valence-electron chi connectivity index (χ1n) is 8.53. The molecule has 7 nitrogen and oxygen atoms in total. The molecular weight excluding hydrogens is 387 g/mol. The number of rotatable bonds is 5. The monoisotopic (exact) mass is 406 g/mol. The smallest absolute Gasteiger partial charge is 0.254 e. The Kier molecular flexibility index (Phi) is 5.48. The average Bonchev–Trinajstić information content (AvgIpc) is 2.64. The standard InChI is InChI=1S/C19H19FN2O5S/c1-28(26,27)13-5-2-11(3-6-13)17(10-23)22-19(25)14-8-12-4-7-18(24)21-16(12)9-15(14)20/h2-3,5-6,8-9,17,23H,4,7,10H2,1H3,(H,21,24)(H,22,25). The Morgan fingerprint density at radius 3 is 2.54 bits per heavy atom. The number of sulfone groups is 1. The molecule has 9 heteroatoms. The molecule has 0 aromatic heterocycles. The maximum Gasteiger partial charge on any atom is 0.254 e. The Labute approximate surface area is 161 Å². The van der Waals surface area contributed by atoms with E-state index in [2.05, 4.69) is 10.6 Å². The maximum absolute atomic E-state index is 14.4. The summed E-state index contributed by atoms with van der Waals surface area (Å²) in [4.78, 5) is 24.1. The van der Waals surface area contributed by atoms with E-state index in [1.165, 1.54) is 30.3 Å². The van der Waals surface area contributed by atoms with Crippen molar-refractivity contribution in [3.8, 4) is 0 Å². The van der Waals surface area contributed by atoms with E-state index in [1.54, 1.807) is 0 Å². The first kappa shape index (κ1) is 20.0. The second-order valence-corrected chi connectivity index (χ2v) is 8.60. The number of fused-ring (bicyclic) bond motifs is 1. The Bertz CT molecular complexity index is 1040. The van der Waals surface area contributed by atoms with Crippen molar-refractivity contribution in [2.75, 3.05) is 18.2 Å². The molecule has 2 amide bonds. The Hall–Kier alpha value is -2.78. The van der Waals surface area contributed by atoms with E-state index in [9.17, 15) is 27.5 Å². The summed E-state index contributed by atoms with van der Waals surface area (Å²) in [6, 6.07) is 7.38. The van der Waals surface area contributed by atoms with Crippen LogP contribution in [0, 0.1) is 5.82 Å². The van der Waals surface area contributed by atoms with Crippen LogP contribution in [0.2, 0.25) is 0 Å². The number of aliphatic hydroxyl groups excluding tert-OH is 1. The molecule has 148 valence electrons. The molecular formula is C19H19FN2O5S. The zero-order chi connectivity index (χ0) is 20.5. The molecule has 0 bridgehead atoms. The average molecular weight is 406 g/mol. The first-order chi connectivity index (χ1) is 13.2. The van der Waals surface area contributed by atoms with Gasteiger partial charge in [0.2, 0.25) is 5.91 Å². The summed E-state index contributed by atoms with van der Waals surface area (Å²) in [5, 5.41) is 14.7. The van der Waals surface area contributed by atoms with E-state index in [4.69, 9.17) is 0 Å². The van der Waals surface area contributed by atoms with Gasteiger partial charge in [-0.25, -0.2) is 12.8 Å². The lowest BCUT2D eigenvalue weighted by molar-refractivity contribution is -0.116. The predicted molar refractivity (Wildman–Crippen MR) is 100 cm³/mol. The summed E-state index contributed by atoms with van der Waals surface area (Å²) in [6.07, 6.45) is 1.73. The van der Waals surface area contributed by atoms with Gasteiger partial charge in [-0.05, 0) is 41.8 Å². The van der Waals surface area contributed by atoms with Crippen molar-refractivity contribution in [3.63, 3.8) is 0 Å². The van der Waals surface area contributed by atoms with Crippen LogP contribution in [0.1, 0.15) is 33.9 Å². The van der Waals surface area contributed by atoms with Gasteiger partial charge in [0.05, 0.1) is 23.1 Å². The molecule has 0 spiro atoms. The SMILES string of the molecule is CS(=O)(=O)c1ccc(C(CO)NC(=O)c2cc3c(cc2F)NC(=O)CC3)cc1. The third-order valence-corrected chi connectivity index (χ3v) is 5.66. The molecule has 0 saturated carbocycles. The van der Waals surface area contributed by atoms with Crippen LogP contribution >= 0.6 is 0 Å². The number of halogens is 1. The van der Waals surface area contributed by atoms with Gasteiger partial charge in [-0.15, -0.1) is 0 Å². The van der Waals surface area contributed by atoms with Crippen molar-refractivity contribution < 1.29 is 27.5 Å². The third kappa shape index (κ3) is 4.20.